The standard InChI is InChI=1S/C29H37O6PSi/c1-9-35-25(30)23-20-36(21-16-12-10-13-17-21,22-18-14-11-15-19-22)29(27(32)34-6,24(23)26(31)33-5)37(7,8)28(2,3)4/h10-20H,9H2,1-8H3. The summed E-state index contributed by atoms with van der Waals surface area (Å²) in [5.74, 6) is -0.0396. The first-order valence-electron chi connectivity index (χ1n) is 12.3. The normalized spacial score (nSPS) is 19.1. The van der Waals surface area contributed by atoms with Gasteiger partial charge in [-0.05, 0) is 35.3 Å². The van der Waals surface area contributed by atoms with Gasteiger partial charge in [0.25, 0.3) is 0 Å². The van der Waals surface area contributed by atoms with Gasteiger partial charge in [0, 0.05) is 0 Å². The first-order chi connectivity index (χ1) is 17.4. The summed E-state index contributed by atoms with van der Waals surface area (Å²) in [5.41, 5.74) is 0.137. The molecule has 0 N–H and O–H groups in total. The lowest BCUT2D eigenvalue weighted by Gasteiger charge is -2.55. The molecule has 0 aromatic heterocycles. The topological polar surface area (TPSA) is 78.9 Å². The zero-order chi connectivity index (χ0) is 27.6. The van der Waals surface area contributed by atoms with Crippen molar-refractivity contribution >= 4 is 49.3 Å². The van der Waals surface area contributed by atoms with Gasteiger partial charge in [-0.25, -0.2) is 9.59 Å². The minimum Gasteiger partial charge on any atom is -0.468 e. The smallest absolute Gasteiger partial charge is 0.338 e. The Kier molecular flexibility index (Phi) is 8.11. The fourth-order valence-corrected chi connectivity index (χ4v) is 17.9. The van der Waals surface area contributed by atoms with E-state index in [1.54, 1.807) is 6.92 Å². The highest BCUT2D eigenvalue weighted by Gasteiger charge is 2.71. The molecule has 1 heterocycles. The molecule has 2 aromatic rings. The van der Waals surface area contributed by atoms with E-state index in [1.165, 1.54) is 14.2 Å². The van der Waals surface area contributed by atoms with E-state index in [2.05, 4.69) is 33.9 Å². The van der Waals surface area contributed by atoms with Gasteiger partial charge in [-0.15, -0.1) is 0 Å². The van der Waals surface area contributed by atoms with Crippen LogP contribution in [0.3, 0.4) is 0 Å². The summed E-state index contributed by atoms with van der Waals surface area (Å²) in [6.45, 7) is 9.26. The highest BCUT2D eigenvalue weighted by Crippen LogP contribution is 2.71. The van der Waals surface area contributed by atoms with E-state index in [0.29, 0.717) is 0 Å². The summed E-state index contributed by atoms with van der Waals surface area (Å²) in [6.07, 6.45) is 0. The van der Waals surface area contributed by atoms with Crippen LogP contribution in [-0.2, 0) is 28.6 Å². The third kappa shape index (κ3) is 4.13. The first kappa shape index (κ1) is 28.7. The van der Waals surface area contributed by atoms with Gasteiger partial charge >= 0.3 is 17.9 Å². The number of methoxy groups -OCH3 is 2. The lowest BCUT2D eigenvalue weighted by atomic mass is 10.1. The zero-order valence-electron chi connectivity index (χ0n) is 23.0. The summed E-state index contributed by atoms with van der Waals surface area (Å²) in [7, 11) is -0.363. The average Bonchev–Trinajstić information content (AvgIpc) is 3.22. The van der Waals surface area contributed by atoms with Gasteiger partial charge in [0.1, 0.15) is 4.78 Å². The van der Waals surface area contributed by atoms with E-state index in [9.17, 15) is 14.4 Å². The van der Waals surface area contributed by atoms with Crippen LogP contribution in [0.5, 0.6) is 0 Å². The predicted octanol–water partition coefficient (Wildman–Crippen LogP) is 4.46. The number of carbonyl (C=O) groups excluding carboxylic acids is 3. The maximum absolute atomic E-state index is 14.6. The number of hydrogen-bond acceptors (Lipinski definition) is 6. The molecule has 6 nitrogen and oxygen atoms in total. The molecular formula is C29H37O6PSi. The van der Waals surface area contributed by atoms with Gasteiger partial charge in [0.2, 0.25) is 0 Å². The average molecular weight is 541 g/mol. The molecule has 0 fully saturated rings. The van der Waals surface area contributed by atoms with Crippen LogP contribution >= 0.6 is 6.89 Å². The number of benzene rings is 2. The van der Waals surface area contributed by atoms with Crippen LogP contribution in [0, 0.1) is 0 Å². The maximum Gasteiger partial charge on any atom is 0.338 e. The molecule has 37 heavy (non-hydrogen) atoms. The van der Waals surface area contributed by atoms with Crippen molar-refractivity contribution in [3.05, 3.63) is 71.8 Å². The second-order valence-corrected chi connectivity index (χ2v) is 19.9. The molecule has 1 unspecified atom stereocenters. The molecule has 0 saturated carbocycles. The summed E-state index contributed by atoms with van der Waals surface area (Å²) in [5, 5.41) is 1.35. The summed E-state index contributed by atoms with van der Waals surface area (Å²) in [4.78, 5) is 42.0. The third-order valence-corrected chi connectivity index (χ3v) is 21.0. The number of rotatable bonds is 7. The van der Waals surface area contributed by atoms with Crippen LogP contribution in [0.4, 0.5) is 0 Å². The fourth-order valence-electron chi connectivity index (χ4n) is 5.41. The second-order valence-electron chi connectivity index (χ2n) is 10.6. The number of carbonyl (C=O) groups is 3. The molecule has 3 rings (SSSR count). The summed E-state index contributed by atoms with van der Waals surface area (Å²) >= 11 is 0. The molecular weight excluding hydrogens is 503 g/mol. The van der Waals surface area contributed by atoms with Gasteiger partial charge in [-0.2, -0.15) is 0 Å². The monoisotopic (exact) mass is 540 g/mol. The molecule has 0 spiro atoms. The largest absolute Gasteiger partial charge is 0.468 e. The van der Waals surface area contributed by atoms with Crippen LogP contribution in [0.1, 0.15) is 27.7 Å². The highest BCUT2D eigenvalue weighted by molar-refractivity contribution is 7.93. The van der Waals surface area contributed by atoms with Crippen molar-refractivity contribution in [3.8, 4) is 0 Å². The van der Waals surface area contributed by atoms with Gasteiger partial charge in [0.05, 0.1) is 40.0 Å². The van der Waals surface area contributed by atoms with Crippen molar-refractivity contribution in [2.45, 2.75) is 50.6 Å². The van der Waals surface area contributed by atoms with Gasteiger partial charge < -0.3 is 14.2 Å². The fraction of sp³-hybridized carbons (Fsp3) is 0.379. The van der Waals surface area contributed by atoms with Crippen LogP contribution < -0.4 is 10.6 Å². The molecule has 8 heteroatoms. The second kappa shape index (κ2) is 10.5. The van der Waals surface area contributed by atoms with Crippen LogP contribution in [0.15, 0.2) is 71.8 Å². The molecule has 0 radical (unpaired) electrons. The predicted molar refractivity (Wildman–Crippen MR) is 153 cm³/mol. The minimum atomic E-state index is -3.05. The van der Waals surface area contributed by atoms with E-state index < -0.39 is 42.7 Å². The number of ether oxygens (including phenoxy) is 3. The Morgan fingerprint density at radius 3 is 1.70 bits per heavy atom. The molecule has 198 valence electrons. The van der Waals surface area contributed by atoms with Crippen LogP contribution in [0.25, 0.3) is 0 Å². The van der Waals surface area contributed by atoms with Crippen molar-refractivity contribution < 1.29 is 28.6 Å². The molecule has 0 aliphatic carbocycles. The van der Waals surface area contributed by atoms with Crippen LogP contribution in [0.2, 0.25) is 18.1 Å². The molecule has 1 atom stereocenters. The Hall–Kier alpha value is -2.89. The molecule has 2 aromatic carbocycles. The molecule has 0 amide bonds. The van der Waals surface area contributed by atoms with Crippen molar-refractivity contribution in [3.63, 3.8) is 0 Å². The summed E-state index contributed by atoms with van der Waals surface area (Å²) in [6, 6.07) is 19.4. The molecule has 0 saturated heterocycles. The van der Waals surface area contributed by atoms with E-state index in [-0.39, 0.29) is 17.8 Å². The third-order valence-electron chi connectivity index (χ3n) is 7.96. The first-order valence-corrected chi connectivity index (χ1v) is 17.2. The maximum atomic E-state index is 14.6. The highest BCUT2D eigenvalue weighted by atomic mass is 31.2. The summed E-state index contributed by atoms with van der Waals surface area (Å²) < 4.78 is 15.0. The van der Waals surface area contributed by atoms with E-state index in [0.717, 1.165) is 10.6 Å². The van der Waals surface area contributed by atoms with Gasteiger partial charge in [-0.3, -0.25) is 4.79 Å². The Bertz CT molecular complexity index is 1230. The van der Waals surface area contributed by atoms with Crippen molar-refractivity contribution in [2.75, 3.05) is 20.8 Å². The van der Waals surface area contributed by atoms with Crippen molar-refractivity contribution in [1.29, 1.82) is 0 Å². The lowest BCUT2D eigenvalue weighted by Crippen LogP contribution is -2.67. The van der Waals surface area contributed by atoms with E-state index >= 15 is 0 Å². The zero-order valence-corrected chi connectivity index (χ0v) is 24.8. The van der Waals surface area contributed by atoms with Crippen LogP contribution in [-0.4, -0.2) is 57.4 Å². The quantitative estimate of drug-likeness (QED) is 0.223. The Morgan fingerprint density at radius 2 is 1.32 bits per heavy atom. The molecule has 0 bridgehead atoms. The molecule has 1 aliphatic heterocycles. The number of hydrogen-bond donors (Lipinski definition) is 0. The Balaban J connectivity index is 2.78. The Morgan fingerprint density at radius 1 is 0.838 bits per heavy atom. The molecule has 1 aliphatic rings. The van der Waals surface area contributed by atoms with Gasteiger partial charge in [-0.1, -0.05) is 94.5 Å². The van der Waals surface area contributed by atoms with E-state index in [1.807, 2.05) is 66.5 Å². The van der Waals surface area contributed by atoms with Crippen molar-refractivity contribution in [2.24, 2.45) is 0 Å². The lowest BCUT2D eigenvalue weighted by molar-refractivity contribution is -0.144. The number of esters is 3. The van der Waals surface area contributed by atoms with Gasteiger partial charge in [0.15, 0.2) is 0 Å². The SMILES string of the molecule is CCOC(=O)C1=C(C(=O)OC)C(C(=O)OC)([Si](C)(C)C(C)(C)C)P(c2ccccc2)(c2ccccc2)=C1. The van der Waals surface area contributed by atoms with E-state index in [4.69, 9.17) is 14.2 Å². The van der Waals surface area contributed by atoms with Crippen molar-refractivity contribution in [1.82, 2.24) is 0 Å². The Labute approximate surface area is 221 Å². The minimum absolute atomic E-state index is 0.0490.